The summed E-state index contributed by atoms with van der Waals surface area (Å²) in [6.45, 7) is 9.77. The lowest BCUT2D eigenvalue weighted by Gasteiger charge is -2.18. The largest absolute Gasteiger partial charge is 0.493 e. The van der Waals surface area contributed by atoms with Gasteiger partial charge in [-0.1, -0.05) is 35.0 Å². The summed E-state index contributed by atoms with van der Waals surface area (Å²) >= 11 is 3.52. The lowest BCUT2D eigenvalue weighted by molar-refractivity contribution is 0.299. The van der Waals surface area contributed by atoms with E-state index in [1.807, 2.05) is 6.08 Å². The first-order chi connectivity index (χ1) is 9.69. The van der Waals surface area contributed by atoms with E-state index in [1.165, 1.54) is 18.4 Å². The number of nitrogens with one attached hydrogen (secondary N) is 1. The lowest BCUT2D eigenvalue weighted by atomic mass is 10.1. The van der Waals surface area contributed by atoms with Crippen LogP contribution < -0.4 is 10.1 Å². The monoisotopic (exact) mass is 339 g/mol. The third kappa shape index (κ3) is 6.10. The second kappa shape index (κ2) is 10.0. The molecule has 0 aromatic heterocycles. The molecule has 1 rings (SSSR count). The van der Waals surface area contributed by atoms with Crippen molar-refractivity contribution >= 4 is 15.9 Å². The van der Waals surface area contributed by atoms with Crippen molar-refractivity contribution in [2.75, 3.05) is 13.2 Å². The van der Waals surface area contributed by atoms with Crippen molar-refractivity contribution in [3.63, 3.8) is 0 Å². The van der Waals surface area contributed by atoms with Gasteiger partial charge in [-0.05, 0) is 51.3 Å². The van der Waals surface area contributed by atoms with Crippen molar-refractivity contribution in [1.29, 1.82) is 0 Å². The maximum atomic E-state index is 5.97. The Morgan fingerprint density at radius 2 is 2.15 bits per heavy atom. The highest BCUT2D eigenvalue weighted by atomic mass is 79.9. The average molecular weight is 340 g/mol. The second-order valence-corrected chi connectivity index (χ2v) is 5.86. The van der Waals surface area contributed by atoms with Crippen LogP contribution in [0.15, 0.2) is 35.3 Å². The van der Waals surface area contributed by atoms with Gasteiger partial charge >= 0.3 is 0 Å². The van der Waals surface area contributed by atoms with Crippen LogP contribution in [0, 0.1) is 0 Å². The number of allylic oxidation sites excluding steroid dienone is 1. The molecule has 0 aliphatic carbocycles. The Morgan fingerprint density at radius 1 is 1.35 bits per heavy atom. The Labute approximate surface area is 131 Å². The zero-order valence-electron chi connectivity index (χ0n) is 12.6. The first kappa shape index (κ1) is 17.3. The number of ether oxygens (including phenoxy) is 1. The van der Waals surface area contributed by atoms with E-state index in [0.29, 0.717) is 6.04 Å². The van der Waals surface area contributed by atoms with Crippen molar-refractivity contribution < 1.29 is 4.74 Å². The fraction of sp³-hybridized carbons (Fsp3) is 0.529. The topological polar surface area (TPSA) is 21.3 Å². The van der Waals surface area contributed by atoms with E-state index in [0.717, 1.165) is 36.2 Å². The quantitative estimate of drug-likeness (QED) is 0.464. The predicted octanol–water partition coefficient (Wildman–Crippen LogP) is 5.24. The van der Waals surface area contributed by atoms with Gasteiger partial charge in [0.2, 0.25) is 0 Å². The van der Waals surface area contributed by atoms with Crippen molar-refractivity contribution in [3.05, 3.63) is 40.9 Å². The van der Waals surface area contributed by atoms with E-state index in [1.54, 1.807) is 0 Å². The van der Waals surface area contributed by atoms with Crippen LogP contribution in [0.5, 0.6) is 5.75 Å². The van der Waals surface area contributed by atoms with Crippen molar-refractivity contribution in [1.82, 2.24) is 5.32 Å². The fourth-order valence-electron chi connectivity index (χ4n) is 2.16. The third-order valence-electron chi connectivity index (χ3n) is 3.26. The molecule has 1 aromatic carbocycles. The molecule has 112 valence electrons. The highest BCUT2D eigenvalue weighted by Crippen LogP contribution is 2.28. The molecule has 0 saturated carbocycles. The Kier molecular flexibility index (Phi) is 8.63. The van der Waals surface area contributed by atoms with Crippen LogP contribution >= 0.6 is 15.9 Å². The standard InChI is InChI=1S/C17H26BrNO/c1-4-6-7-8-9-12-20-17-13-15(18)10-11-16(17)14(3)19-5-2/h4,10-11,13-14,19H,1,5-9,12H2,2-3H3. The normalized spacial score (nSPS) is 12.2. The van der Waals surface area contributed by atoms with Gasteiger partial charge in [-0.3, -0.25) is 0 Å². The number of hydrogen-bond donors (Lipinski definition) is 1. The molecule has 1 N–H and O–H groups in total. The highest BCUT2D eigenvalue weighted by molar-refractivity contribution is 9.10. The van der Waals surface area contributed by atoms with Crippen LogP contribution in [-0.4, -0.2) is 13.2 Å². The van der Waals surface area contributed by atoms with Gasteiger partial charge in [0.15, 0.2) is 0 Å². The van der Waals surface area contributed by atoms with Gasteiger partial charge in [-0.15, -0.1) is 6.58 Å². The molecule has 0 amide bonds. The number of hydrogen-bond acceptors (Lipinski definition) is 2. The summed E-state index contributed by atoms with van der Waals surface area (Å²) in [7, 11) is 0. The van der Waals surface area contributed by atoms with Crippen molar-refractivity contribution in [2.24, 2.45) is 0 Å². The first-order valence-electron chi connectivity index (χ1n) is 7.45. The lowest BCUT2D eigenvalue weighted by Crippen LogP contribution is -2.18. The van der Waals surface area contributed by atoms with E-state index in [-0.39, 0.29) is 0 Å². The molecule has 3 heteroatoms. The molecular weight excluding hydrogens is 314 g/mol. The zero-order chi connectivity index (χ0) is 14.8. The van der Waals surface area contributed by atoms with Crippen LogP contribution in [0.1, 0.15) is 51.1 Å². The molecule has 1 aromatic rings. The molecule has 1 atom stereocenters. The summed E-state index contributed by atoms with van der Waals surface area (Å²) in [5.74, 6) is 0.983. The van der Waals surface area contributed by atoms with E-state index in [9.17, 15) is 0 Å². The molecule has 20 heavy (non-hydrogen) atoms. The van der Waals surface area contributed by atoms with Gasteiger partial charge in [0.1, 0.15) is 5.75 Å². The van der Waals surface area contributed by atoms with Crippen LogP contribution in [0.3, 0.4) is 0 Å². The molecule has 0 radical (unpaired) electrons. The van der Waals surface area contributed by atoms with E-state index < -0.39 is 0 Å². The fourth-order valence-corrected chi connectivity index (χ4v) is 2.50. The van der Waals surface area contributed by atoms with Crippen LogP contribution in [0.4, 0.5) is 0 Å². The number of halogens is 1. The van der Waals surface area contributed by atoms with Crippen molar-refractivity contribution in [3.8, 4) is 5.75 Å². The van der Waals surface area contributed by atoms with Crippen LogP contribution in [-0.2, 0) is 0 Å². The molecule has 1 unspecified atom stereocenters. The minimum atomic E-state index is 0.309. The molecule has 0 aliphatic rings. The van der Waals surface area contributed by atoms with Gasteiger partial charge in [0.05, 0.1) is 6.61 Å². The molecular formula is C17H26BrNO. The molecule has 2 nitrogen and oxygen atoms in total. The molecule has 0 aliphatic heterocycles. The maximum Gasteiger partial charge on any atom is 0.125 e. The van der Waals surface area contributed by atoms with Crippen LogP contribution in [0.2, 0.25) is 0 Å². The molecule has 0 spiro atoms. The zero-order valence-corrected chi connectivity index (χ0v) is 14.2. The van der Waals surface area contributed by atoms with Gasteiger partial charge in [-0.25, -0.2) is 0 Å². The maximum absolute atomic E-state index is 5.97. The summed E-state index contributed by atoms with van der Waals surface area (Å²) in [6.07, 6.45) is 6.56. The first-order valence-corrected chi connectivity index (χ1v) is 8.24. The SMILES string of the molecule is C=CCCCCCOc1cc(Br)ccc1C(C)NCC. The molecule has 0 bridgehead atoms. The summed E-state index contributed by atoms with van der Waals surface area (Å²) < 4.78 is 7.03. The van der Waals surface area contributed by atoms with E-state index in [4.69, 9.17) is 4.74 Å². The van der Waals surface area contributed by atoms with Gasteiger partial charge < -0.3 is 10.1 Å². The minimum absolute atomic E-state index is 0.309. The number of unbranched alkanes of at least 4 members (excludes halogenated alkanes) is 3. The second-order valence-electron chi connectivity index (χ2n) is 4.95. The van der Waals surface area contributed by atoms with E-state index in [2.05, 4.69) is 59.9 Å². The molecule has 0 heterocycles. The average Bonchev–Trinajstić information content (AvgIpc) is 2.43. The predicted molar refractivity (Wildman–Crippen MR) is 90.4 cm³/mol. The Bertz CT molecular complexity index is 406. The summed E-state index contributed by atoms with van der Waals surface area (Å²) in [6, 6.07) is 6.57. The smallest absolute Gasteiger partial charge is 0.125 e. The summed E-state index contributed by atoms with van der Waals surface area (Å²) in [4.78, 5) is 0. The Balaban J connectivity index is 2.54. The molecule has 0 saturated heterocycles. The van der Waals surface area contributed by atoms with Gasteiger partial charge in [0, 0.05) is 16.1 Å². The van der Waals surface area contributed by atoms with Crippen LogP contribution in [0.25, 0.3) is 0 Å². The van der Waals surface area contributed by atoms with E-state index >= 15 is 0 Å². The Hall–Kier alpha value is -0.800. The highest BCUT2D eigenvalue weighted by Gasteiger charge is 2.11. The summed E-state index contributed by atoms with van der Waals surface area (Å²) in [5.41, 5.74) is 1.22. The summed E-state index contributed by atoms with van der Waals surface area (Å²) in [5, 5.41) is 3.43. The number of benzene rings is 1. The third-order valence-corrected chi connectivity index (χ3v) is 3.76. The minimum Gasteiger partial charge on any atom is -0.493 e. The number of rotatable bonds is 10. The molecule has 0 fully saturated rings. The van der Waals surface area contributed by atoms with Gasteiger partial charge in [0.25, 0.3) is 0 Å². The Morgan fingerprint density at radius 3 is 2.85 bits per heavy atom. The van der Waals surface area contributed by atoms with Gasteiger partial charge in [-0.2, -0.15) is 0 Å². The van der Waals surface area contributed by atoms with Crippen molar-refractivity contribution in [2.45, 2.75) is 45.6 Å².